The van der Waals surface area contributed by atoms with Crippen molar-refractivity contribution in [3.8, 4) is 0 Å². The molecule has 0 saturated carbocycles. The number of rotatable bonds is 5. The van der Waals surface area contributed by atoms with Crippen LogP contribution in [-0.4, -0.2) is 68.3 Å². The average molecular weight is 366 g/mol. The fraction of sp³-hybridized carbons (Fsp3) is 0.278. The molecule has 1 unspecified atom stereocenters. The van der Waals surface area contributed by atoms with E-state index < -0.39 is 0 Å². The van der Waals surface area contributed by atoms with Gasteiger partial charge in [0.15, 0.2) is 0 Å². The molecule has 9 heteroatoms. The SMILES string of the molecule is O=C(C=Cc1ccccn1)N1CCOC(COn2nnc3cccnc32)C1. The molecule has 1 fully saturated rings. The Labute approximate surface area is 155 Å². The minimum Gasteiger partial charge on any atom is -0.391 e. The van der Waals surface area contributed by atoms with Crippen molar-refractivity contribution in [1.29, 1.82) is 0 Å². The molecule has 4 heterocycles. The third kappa shape index (κ3) is 4.09. The number of ether oxygens (including phenoxy) is 1. The molecule has 0 aromatic carbocycles. The molecule has 1 aliphatic rings. The highest BCUT2D eigenvalue weighted by atomic mass is 16.7. The summed E-state index contributed by atoms with van der Waals surface area (Å²) in [7, 11) is 0. The predicted octanol–water partition coefficient (Wildman–Crippen LogP) is 0.591. The minimum absolute atomic E-state index is 0.0816. The third-order valence-corrected chi connectivity index (χ3v) is 4.10. The van der Waals surface area contributed by atoms with Gasteiger partial charge in [-0.3, -0.25) is 9.78 Å². The topological polar surface area (TPSA) is 95.3 Å². The summed E-state index contributed by atoms with van der Waals surface area (Å²) >= 11 is 0. The molecular formula is C18H18N6O3. The summed E-state index contributed by atoms with van der Waals surface area (Å²) in [6, 6.07) is 9.14. The average Bonchev–Trinajstić information content (AvgIpc) is 3.15. The van der Waals surface area contributed by atoms with Gasteiger partial charge in [-0.25, -0.2) is 4.98 Å². The number of carbonyl (C=O) groups excluding carboxylic acids is 1. The number of fused-ring (bicyclic) bond motifs is 1. The van der Waals surface area contributed by atoms with Crippen molar-refractivity contribution >= 4 is 23.1 Å². The summed E-state index contributed by atoms with van der Waals surface area (Å²) in [5, 5.41) is 7.91. The van der Waals surface area contributed by atoms with Crippen LogP contribution in [0, 0.1) is 0 Å². The van der Waals surface area contributed by atoms with Crippen molar-refractivity contribution in [1.82, 2.24) is 30.0 Å². The number of aromatic nitrogens is 5. The third-order valence-electron chi connectivity index (χ3n) is 4.10. The van der Waals surface area contributed by atoms with Gasteiger partial charge in [0.05, 0.1) is 18.8 Å². The van der Waals surface area contributed by atoms with E-state index in [1.165, 1.54) is 10.9 Å². The highest BCUT2D eigenvalue weighted by Gasteiger charge is 2.24. The summed E-state index contributed by atoms with van der Waals surface area (Å²) in [4.78, 5) is 29.4. The maximum atomic E-state index is 12.4. The first kappa shape index (κ1) is 17.1. The highest BCUT2D eigenvalue weighted by molar-refractivity contribution is 5.91. The van der Waals surface area contributed by atoms with Crippen LogP contribution in [0.15, 0.2) is 48.8 Å². The number of hydrogen-bond acceptors (Lipinski definition) is 7. The van der Waals surface area contributed by atoms with Crippen LogP contribution in [0.25, 0.3) is 17.2 Å². The van der Waals surface area contributed by atoms with Gasteiger partial charge >= 0.3 is 0 Å². The molecule has 1 aliphatic heterocycles. The molecular weight excluding hydrogens is 348 g/mol. The number of morpholine rings is 1. The Kier molecular flexibility index (Phi) is 5.01. The van der Waals surface area contributed by atoms with Gasteiger partial charge < -0.3 is 14.5 Å². The molecule has 4 rings (SSSR count). The Morgan fingerprint density at radius 3 is 3.07 bits per heavy atom. The Morgan fingerprint density at radius 2 is 2.19 bits per heavy atom. The maximum absolute atomic E-state index is 12.4. The van der Waals surface area contributed by atoms with Crippen LogP contribution in [0.4, 0.5) is 0 Å². The largest absolute Gasteiger partial charge is 0.391 e. The van der Waals surface area contributed by atoms with Gasteiger partial charge in [-0.2, -0.15) is 0 Å². The van der Waals surface area contributed by atoms with Crippen molar-refractivity contribution in [2.24, 2.45) is 0 Å². The zero-order valence-electron chi connectivity index (χ0n) is 14.5. The lowest BCUT2D eigenvalue weighted by Gasteiger charge is -2.31. The Hall–Kier alpha value is -3.33. The molecule has 1 amide bonds. The molecule has 3 aromatic rings. The predicted molar refractivity (Wildman–Crippen MR) is 96.4 cm³/mol. The first-order valence-electron chi connectivity index (χ1n) is 8.59. The second kappa shape index (κ2) is 7.92. The van der Waals surface area contributed by atoms with Gasteiger partial charge in [0, 0.05) is 25.0 Å². The van der Waals surface area contributed by atoms with Crippen molar-refractivity contribution in [3.63, 3.8) is 0 Å². The number of carbonyl (C=O) groups is 1. The Balaban J connectivity index is 1.34. The Morgan fingerprint density at radius 1 is 1.26 bits per heavy atom. The summed E-state index contributed by atoms with van der Waals surface area (Å²) in [5.41, 5.74) is 1.93. The van der Waals surface area contributed by atoms with E-state index >= 15 is 0 Å². The van der Waals surface area contributed by atoms with E-state index in [2.05, 4.69) is 20.3 Å². The van der Waals surface area contributed by atoms with E-state index in [1.807, 2.05) is 18.2 Å². The maximum Gasteiger partial charge on any atom is 0.246 e. The lowest BCUT2D eigenvalue weighted by molar-refractivity contribution is -0.136. The molecule has 27 heavy (non-hydrogen) atoms. The molecule has 138 valence electrons. The van der Waals surface area contributed by atoms with Gasteiger partial charge in [-0.15, -0.1) is 5.10 Å². The van der Waals surface area contributed by atoms with Gasteiger partial charge in [0.2, 0.25) is 11.6 Å². The zero-order valence-corrected chi connectivity index (χ0v) is 14.5. The second-order valence-electron chi connectivity index (χ2n) is 5.97. The molecule has 0 aliphatic carbocycles. The van der Waals surface area contributed by atoms with Crippen molar-refractivity contribution in [2.75, 3.05) is 26.3 Å². The molecule has 0 spiro atoms. The van der Waals surface area contributed by atoms with Gasteiger partial charge in [-0.1, -0.05) is 10.9 Å². The molecule has 0 N–H and O–H groups in total. The highest BCUT2D eigenvalue weighted by Crippen LogP contribution is 2.09. The minimum atomic E-state index is -0.256. The van der Waals surface area contributed by atoms with Gasteiger partial charge in [0.25, 0.3) is 0 Å². The molecule has 1 saturated heterocycles. The van der Waals surface area contributed by atoms with E-state index in [-0.39, 0.29) is 18.6 Å². The van der Waals surface area contributed by atoms with E-state index in [0.717, 1.165) is 5.69 Å². The van der Waals surface area contributed by atoms with Crippen LogP contribution >= 0.6 is 0 Å². The summed E-state index contributed by atoms with van der Waals surface area (Å²) in [5.74, 6) is -0.0816. The summed E-state index contributed by atoms with van der Waals surface area (Å²) < 4.78 is 5.69. The first-order chi connectivity index (χ1) is 13.3. The molecule has 9 nitrogen and oxygen atoms in total. The molecule has 3 aromatic heterocycles. The van der Waals surface area contributed by atoms with Crippen molar-refractivity contribution in [3.05, 3.63) is 54.5 Å². The van der Waals surface area contributed by atoms with E-state index in [0.29, 0.717) is 30.9 Å². The molecule has 0 bridgehead atoms. The fourth-order valence-electron chi connectivity index (χ4n) is 2.74. The lowest BCUT2D eigenvalue weighted by Crippen LogP contribution is -2.47. The number of amides is 1. The van der Waals surface area contributed by atoms with Gasteiger partial charge in [-0.05, 0) is 35.6 Å². The summed E-state index contributed by atoms with van der Waals surface area (Å²) in [6.07, 6.45) is 6.32. The zero-order chi connectivity index (χ0) is 18.5. The smallest absolute Gasteiger partial charge is 0.246 e. The molecule has 1 atom stereocenters. The van der Waals surface area contributed by atoms with Crippen molar-refractivity contribution in [2.45, 2.75) is 6.10 Å². The molecule has 0 radical (unpaired) electrons. The van der Waals surface area contributed by atoms with Crippen LogP contribution < -0.4 is 4.84 Å². The standard InChI is InChI=1S/C18H18N6O3/c25-17(7-6-14-4-1-2-8-19-14)23-10-11-26-15(12-23)13-27-24-18-16(21-22-24)5-3-9-20-18/h1-9,15H,10-13H2. The van der Waals surface area contributed by atoms with Crippen LogP contribution in [0.3, 0.4) is 0 Å². The normalized spacial score (nSPS) is 17.5. The number of nitrogens with zero attached hydrogens (tertiary/aromatic N) is 6. The monoisotopic (exact) mass is 366 g/mol. The number of hydrogen-bond donors (Lipinski definition) is 0. The quantitative estimate of drug-likeness (QED) is 0.610. The van der Waals surface area contributed by atoms with Crippen LogP contribution in [-0.2, 0) is 9.53 Å². The summed E-state index contributed by atoms with van der Waals surface area (Å²) in [6.45, 7) is 1.66. The van der Waals surface area contributed by atoms with Crippen LogP contribution in [0.1, 0.15) is 5.69 Å². The second-order valence-corrected chi connectivity index (χ2v) is 5.97. The van der Waals surface area contributed by atoms with E-state index in [9.17, 15) is 4.79 Å². The lowest BCUT2D eigenvalue weighted by atomic mass is 10.2. The fourth-order valence-corrected chi connectivity index (χ4v) is 2.74. The van der Waals surface area contributed by atoms with E-state index in [1.54, 1.807) is 35.5 Å². The first-order valence-corrected chi connectivity index (χ1v) is 8.59. The van der Waals surface area contributed by atoms with E-state index in [4.69, 9.17) is 9.57 Å². The van der Waals surface area contributed by atoms with Crippen LogP contribution in [0.5, 0.6) is 0 Å². The number of pyridine rings is 2. The van der Waals surface area contributed by atoms with Crippen LogP contribution in [0.2, 0.25) is 0 Å². The van der Waals surface area contributed by atoms with Crippen molar-refractivity contribution < 1.29 is 14.4 Å². The van der Waals surface area contributed by atoms with Gasteiger partial charge in [0.1, 0.15) is 18.2 Å². The Bertz CT molecular complexity index is 942.